The molecular weight excluding hydrogens is 342 g/mol. The topological polar surface area (TPSA) is 46.3 Å². The second kappa shape index (κ2) is 6.63. The summed E-state index contributed by atoms with van der Waals surface area (Å²) >= 11 is 1.76. The Morgan fingerprint density at radius 3 is 2.85 bits per heavy atom. The first-order valence-corrected chi connectivity index (χ1v) is 9.79. The second-order valence-corrected chi connectivity index (χ2v) is 7.56. The van der Waals surface area contributed by atoms with Crippen LogP contribution in [-0.4, -0.2) is 37.6 Å². The lowest BCUT2D eigenvalue weighted by Crippen LogP contribution is -2.19. The van der Waals surface area contributed by atoms with Gasteiger partial charge in [0.15, 0.2) is 11.5 Å². The largest absolute Gasteiger partial charge is 0.298 e. The van der Waals surface area contributed by atoms with Gasteiger partial charge in [-0.15, -0.1) is 0 Å². The van der Waals surface area contributed by atoms with E-state index in [0.29, 0.717) is 5.92 Å². The Morgan fingerprint density at radius 2 is 2.00 bits per heavy atom. The van der Waals surface area contributed by atoms with E-state index >= 15 is 0 Å². The number of pyridine rings is 2. The van der Waals surface area contributed by atoms with Crippen LogP contribution in [0.2, 0.25) is 0 Å². The van der Waals surface area contributed by atoms with Gasteiger partial charge < -0.3 is 0 Å². The molecule has 0 bridgehead atoms. The highest BCUT2D eigenvalue weighted by molar-refractivity contribution is 7.07. The maximum Gasteiger partial charge on any atom is 0.156 e. The van der Waals surface area contributed by atoms with E-state index in [-0.39, 0.29) is 0 Å². The Kier molecular flexibility index (Phi) is 3.99. The molecule has 1 fully saturated rings. The molecule has 0 saturated carbocycles. The van der Waals surface area contributed by atoms with Gasteiger partial charge in [-0.1, -0.05) is 0 Å². The van der Waals surface area contributed by atoms with Crippen LogP contribution in [0.15, 0.2) is 59.7 Å². The predicted octanol–water partition coefficient (Wildman–Crippen LogP) is 3.84. The van der Waals surface area contributed by atoms with E-state index in [1.165, 1.54) is 5.56 Å². The van der Waals surface area contributed by atoms with Gasteiger partial charge in [0.05, 0.1) is 0 Å². The molecule has 0 N–H and O–H groups in total. The molecule has 6 heteroatoms. The van der Waals surface area contributed by atoms with Gasteiger partial charge in [0, 0.05) is 43.2 Å². The van der Waals surface area contributed by atoms with Crippen molar-refractivity contribution in [2.45, 2.75) is 18.9 Å². The highest BCUT2D eigenvalue weighted by atomic mass is 32.1. The van der Waals surface area contributed by atoms with E-state index in [0.717, 1.165) is 48.7 Å². The van der Waals surface area contributed by atoms with Gasteiger partial charge in [0.2, 0.25) is 0 Å². The first-order chi connectivity index (χ1) is 12.8. The molecule has 4 aromatic rings. The molecule has 0 aliphatic carbocycles. The molecular formula is C20H19N5S. The Hall–Kier alpha value is -2.57. The number of hydrogen-bond acceptors (Lipinski definition) is 5. The lowest BCUT2D eigenvalue weighted by Gasteiger charge is -2.13. The smallest absolute Gasteiger partial charge is 0.156 e. The van der Waals surface area contributed by atoms with Crippen LogP contribution in [0.3, 0.4) is 0 Å². The van der Waals surface area contributed by atoms with E-state index in [2.05, 4.69) is 39.0 Å². The molecule has 5 nitrogen and oxygen atoms in total. The van der Waals surface area contributed by atoms with Gasteiger partial charge >= 0.3 is 0 Å². The second-order valence-electron chi connectivity index (χ2n) is 6.78. The molecule has 0 amide bonds. The van der Waals surface area contributed by atoms with Gasteiger partial charge in [0.1, 0.15) is 0 Å². The van der Waals surface area contributed by atoms with Crippen molar-refractivity contribution in [3.8, 4) is 11.1 Å². The van der Waals surface area contributed by atoms with Crippen molar-refractivity contribution < 1.29 is 0 Å². The van der Waals surface area contributed by atoms with Crippen LogP contribution < -0.4 is 0 Å². The zero-order chi connectivity index (χ0) is 17.3. The molecule has 4 aromatic heterocycles. The molecule has 130 valence electrons. The number of hydrogen-bond donors (Lipinski definition) is 0. The lowest BCUT2D eigenvalue weighted by molar-refractivity contribution is 0.326. The Balaban J connectivity index is 1.36. The SMILES string of the molecule is c1cc(-c2ccc3nc(C4CCN(Cc5ccsc5)C4)nn3c2)ccn1. The van der Waals surface area contributed by atoms with Gasteiger partial charge in [-0.2, -0.15) is 16.4 Å². The molecule has 5 heterocycles. The predicted molar refractivity (Wildman–Crippen MR) is 103 cm³/mol. The minimum absolute atomic E-state index is 0.415. The number of thiophene rings is 1. The van der Waals surface area contributed by atoms with Crippen molar-refractivity contribution in [3.05, 3.63) is 71.1 Å². The number of rotatable bonds is 4. The number of likely N-dealkylation sites (tertiary alicyclic amines) is 1. The van der Waals surface area contributed by atoms with Crippen molar-refractivity contribution in [2.75, 3.05) is 13.1 Å². The summed E-state index contributed by atoms with van der Waals surface area (Å²) < 4.78 is 1.91. The van der Waals surface area contributed by atoms with Crippen LogP contribution in [0, 0.1) is 0 Å². The molecule has 1 aliphatic rings. The molecule has 26 heavy (non-hydrogen) atoms. The molecule has 1 saturated heterocycles. The van der Waals surface area contributed by atoms with Crippen molar-refractivity contribution in [3.63, 3.8) is 0 Å². The normalized spacial score (nSPS) is 17.9. The molecule has 0 aromatic carbocycles. The average Bonchev–Trinajstić information content (AvgIpc) is 3.42. The van der Waals surface area contributed by atoms with E-state index in [1.807, 2.05) is 35.1 Å². The third-order valence-corrected chi connectivity index (χ3v) is 5.72. The van der Waals surface area contributed by atoms with Crippen LogP contribution >= 0.6 is 11.3 Å². The van der Waals surface area contributed by atoms with E-state index < -0.39 is 0 Å². The standard InChI is InChI=1S/C20H19N5S/c1-2-19-22-20(18-5-9-24(12-18)11-15-6-10-26-14-15)23-25(19)13-17(1)16-3-7-21-8-4-16/h1-4,6-8,10,13-14,18H,5,9,11-12H2. The minimum Gasteiger partial charge on any atom is -0.298 e. The average molecular weight is 361 g/mol. The van der Waals surface area contributed by atoms with Crippen molar-refractivity contribution in [2.24, 2.45) is 0 Å². The fraction of sp³-hybridized carbons (Fsp3) is 0.250. The summed E-state index contributed by atoms with van der Waals surface area (Å²) in [4.78, 5) is 11.4. The summed E-state index contributed by atoms with van der Waals surface area (Å²) in [6.07, 6.45) is 6.80. The van der Waals surface area contributed by atoms with Crippen LogP contribution in [-0.2, 0) is 6.54 Å². The minimum atomic E-state index is 0.415. The lowest BCUT2D eigenvalue weighted by atomic mass is 10.1. The summed E-state index contributed by atoms with van der Waals surface area (Å²) in [6, 6.07) is 10.4. The third kappa shape index (κ3) is 3.02. The monoisotopic (exact) mass is 361 g/mol. The molecule has 5 rings (SSSR count). The van der Waals surface area contributed by atoms with Gasteiger partial charge in [-0.05, 0) is 65.2 Å². The summed E-state index contributed by atoms with van der Waals surface area (Å²) in [7, 11) is 0. The van der Waals surface area contributed by atoms with Crippen molar-refractivity contribution in [1.82, 2.24) is 24.5 Å². The first-order valence-electron chi connectivity index (χ1n) is 8.85. The molecule has 0 radical (unpaired) electrons. The highest BCUT2D eigenvalue weighted by Crippen LogP contribution is 2.27. The summed E-state index contributed by atoms with van der Waals surface area (Å²) in [6.45, 7) is 3.17. The fourth-order valence-corrected chi connectivity index (χ4v) is 4.28. The van der Waals surface area contributed by atoms with E-state index in [4.69, 9.17) is 10.1 Å². The van der Waals surface area contributed by atoms with Gasteiger partial charge in [0.25, 0.3) is 0 Å². The zero-order valence-electron chi connectivity index (χ0n) is 14.3. The van der Waals surface area contributed by atoms with Crippen LogP contribution in [0.1, 0.15) is 23.7 Å². The highest BCUT2D eigenvalue weighted by Gasteiger charge is 2.27. The first kappa shape index (κ1) is 15.7. The van der Waals surface area contributed by atoms with E-state index in [1.54, 1.807) is 11.3 Å². The molecule has 0 spiro atoms. The molecule has 1 unspecified atom stereocenters. The van der Waals surface area contributed by atoms with Crippen molar-refractivity contribution in [1.29, 1.82) is 0 Å². The van der Waals surface area contributed by atoms with Crippen LogP contribution in [0.25, 0.3) is 16.8 Å². The Bertz CT molecular complexity index is 1010. The number of fused-ring (bicyclic) bond motifs is 1. The van der Waals surface area contributed by atoms with Crippen molar-refractivity contribution >= 4 is 17.0 Å². The Labute approximate surface area is 156 Å². The zero-order valence-corrected chi connectivity index (χ0v) is 15.1. The third-order valence-electron chi connectivity index (χ3n) is 4.98. The van der Waals surface area contributed by atoms with Crippen LogP contribution in [0.5, 0.6) is 0 Å². The van der Waals surface area contributed by atoms with Gasteiger partial charge in [-0.3, -0.25) is 9.88 Å². The number of aromatic nitrogens is 4. The summed E-state index contributed by atoms with van der Waals surface area (Å²) in [5.74, 6) is 1.38. The maximum absolute atomic E-state index is 4.78. The fourth-order valence-electron chi connectivity index (χ4n) is 3.62. The maximum atomic E-state index is 4.78. The summed E-state index contributed by atoms with van der Waals surface area (Å²) in [5, 5.41) is 9.16. The van der Waals surface area contributed by atoms with Gasteiger partial charge in [-0.25, -0.2) is 9.50 Å². The Morgan fingerprint density at radius 1 is 1.08 bits per heavy atom. The molecule has 1 atom stereocenters. The quantitative estimate of drug-likeness (QED) is 0.554. The van der Waals surface area contributed by atoms with Crippen LogP contribution in [0.4, 0.5) is 0 Å². The van der Waals surface area contributed by atoms with E-state index in [9.17, 15) is 0 Å². The summed E-state index contributed by atoms with van der Waals surface area (Å²) in [5.41, 5.74) is 4.58. The molecule has 1 aliphatic heterocycles. The number of nitrogens with zero attached hydrogens (tertiary/aromatic N) is 5.